The molecule has 2 amide bonds. The van der Waals surface area contributed by atoms with Crippen LogP contribution in [0.3, 0.4) is 0 Å². The van der Waals surface area contributed by atoms with E-state index in [0.29, 0.717) is 28.1 Å². The van der Waals surface area contributed by atoms with Crippen molar-refractivity contribution in [3.8, 4) is 5.75 Å². The summed E-state index contributed by atoms with van der Waals surface area (Å²) in [5.74, 6) is -0.283. The number of nitrogens with one attached hydrogen (secondary N) is 2. The van der Waals surface area contributed by atoms with Gasteiger partial charge in [0.25, 0.3) is 5.91 Å². The molecule has 3 aromatic rings. The van der Waals surface area contributed by atoms with Crippen LogP contribution in [0.4, 0.5) is 10.1 Å². The van der Waals surface area contributed by atoms with Gasteiger partial charge in [-0.2, -0.15) is 5.10 Å². The lowest BCUT2D eigenvalue weighted by atomic mass is 10.2. The molecular weight excluding hydrogens is 465 g/mol. The number of hydrogen-bond donors (Lipinski definition) is 2. The molecule has 0 unspecified atom stereocenters. The van der Waals surface area contributed by atoms with Crippen molar-refractivity contribution < 1.29 is 18.7 Å². The predicted molar refractivity (Wildman–Crippen MR) is 121 cm³/mol. The first kappa shape index (κ1) is 22.2. The Morgan fingerprint density at radius 3 is 2.58 bits per heavy atom. The largest absolute Gasteiger partial charge is 0.488 e. The van der Waals surface area contributed by atoms with E-state index in [0.717, 1.165) is 11.1 Å². The summed E-state index contributed by atoms with van der Waals surface area (Å²) in [4.78, 5) is 23.4. The lowest BCUT2D eigenvalue weighted by Gasteiger charge is -2.09. The first-order valence-electron chi connectivity index (χ1n) is 9.28. The minimum Gasteiger partial charge on any atom is -0.488 e. The second-order valence-electron chi connectivity index (χ2n) is 6.57. The van der Waals surface area contributed by atoms with Gasteiger partial charge in [-0.05, 0) is 75.6 Å². The van der Waals surface area contributed by atoms with Crippen LogP contribution in [-0.4, -0.2) is 18.0 Å². The fraction of sp³-hybridized carbons (Fsp3) is 0.0870. The van der Waals surface area contributed by atoms with Gasteiger partial charge in [0.1, 0.15) is 18.2 Å². The number of hydrazone groups is 1. The summed E-state index contributed by atoms with van der Waals surface area (Å²) in [5.41, 5.74) is 4.95. The normalized spacial score (nSPS) is 10.7. The van der Waals surface area contributed by atoms with Gasteiger partial charge in [0.15, 0.2) is 0 Å². The Hall–Kier alpha value is -3.52. The van der Waals surface area contributed by atoms with Crippen LogP contribution in [0.15, 0.2) is 76.3 Å². The zero-order chi connectivity index (χ0) is 22.2. The van der Waals surface area contributed by atoms with Gasteiger partial charge in [-0.1, -0.05) is 18.2 Å². The number of anilines is 1. The van der Waals surface area contributed by atoms with Gasteiger partial charge in [0, 0.05) is 18.2 Å². The summed E-state index contributed by atoms with van der Waals surface area (Å²) >= 11 is 3.45. The van der Waals surface area contributed by atoms with Crippen LogP contribution in [0.1, 0.15) is 28.4 Å². The second kappa shape index (κ2) is 10.5. The van der Waals surface area contributed by atoms with E-state index in [9.17, 15) is 14.0 Å². The molecule has 0 atom stereocenters. The molecule has 0 aliphatic heterocycles. The van der Waals surface area contributed by atoms with Crippen molar-refractivity contribution in [3.63, 3.8) is 0 Å². The number of amides is 2. The molecule has 0 spiro atoms. The van der Waals surface area contributed by atoms with Crippen molar-refractivity contribution in [1.82, 2.24) is 5.43 Å². The summed E-state index contributed by atoms with van der Waals surface area (Å²) in [6, 6.07) is 18.0. The van der Waals surface area contributed by atoms with Crippen molar-refractivity contribution in [3.05, 3.63) is 93.7 Å². The van der Waals surface area contributed by atoms with Crippen LogP contribution in [0.2, 0.25) is 0 Å². The molecular formula is C23H19BrFN3O3. The van der Waals surface area contributed by atoms with Gasteiger partial charge < -0.3 is 10.1 Å². The summed E-state index contributed by atoms with van der Waals surface area (Å²) in [7, 11) is 0. The third kappa shape index (κ3) is 6.75. The average Bonchev–Trinajstić information content (AvgIpc) is 2.74. The molecule has 0 bridgehead atoms. The molecule has 6 nitrogen and oxygen atoms in total. The van der Waals surface area contributed by atoms with E-state index in [4.69, 9.17) is 4.74 Å². The molecule has 0 heterocycles. The standard InChI is InChI=1S/C23H19BrFN3O3/c1-15(29)27-20-4-2-3-18(12-20)23(30)28-26-13-17-7-10-22(21(24)11-17)31-14-16-5-8-19(25)9-6-16/h2-13H,14H2,1H3,(H,27,29)(H,28,30)/b26-13-. The molecule has 158 valence electrons. The zero-order valence-corrected chi connectivity index (χ0v) is 18.1. The molecule has 3 aromatic carbocycles. The number of ether oxygens (including phenoxy) is 1. The Morgan fingerprint density at radius 1 is 1.10 bits per heavy atom. The van der Waals surface area contributed by atoms with Gasteiger partial charge >= 0.3 is 0 Å². The van der Waals surface area contributed by atoms with Gasteiger partial charge in [-0.3, -0.25) is 9.59 Å². The van der Waals surface area contributed by atoms with E-state index in [1.54, 1.807) is 54.6 Å². The Morgan fingerprint density at radius 2 is 1.87 bits per heavy atom. The Balaban J connectivity index is 1.57. The highest BCUT2D eigenvalue weighted by atomic mass is 79.9. The lowest BCUT2D eigenvalue weighted by molar-refractivity contribution is -0.114. The molecule has 0 fully saturated rings. The van der Waals surface area contributed by atoms with Crippen LogP contribution in [-0.2, 0) is 11.4 Å². The van der Waals surface area contributed by atoms with Gasteiger partial charge in [0.05, 0.1) is 10.7 Å². The Kier molecular flexibility index (Phi) is 7.50. The van der Waals surface area contributed by atoms with E-state index in [1.165, 1.54) is 25.3 Å². The average molecular weight is 484 g/mol. The molecule has 31 heavy (non-hydrogen) atoms. The van der Waals surface area contributed by atoms with Crippen LogP contribution < -0.4 is 15.5 Å². The molecule has 0 aliphatic rings. The van der Waals surface area contributed by atoms with Crippen LogP contribution in [0, 0.1) is 5.82 Å². The second-order valence-corrected chi connectivity index (χ2v) is 7.42. The first-order chi connectivity index (χ1) is 14.9. The molecule has 0 aliphatic carbocycles. The SMILES string of the molecule is CC(=O)Nc1cccc(C(=O)N/N=C\c2ccc(OCc3ccc(F)cc3)c(Br)c2)c1. The molecule has 0 saturated heterocycles. The first-order valence-corrected chi connectivity index (χ1v) is 10.1. The summed E-state index contributed by atoms with van der Waals surface area (Å²) in [6.45, 7) is 1.70. The topological polar surface area (TPSA) is 79.8 Å². The van der Waals surface area contributed by atoms with Gasteiger partial charge in [0.2, 0.25) is 5.91 Å². The number of rotatable bonds is 7. The van der Waals surface area contributed by atoms with Crippen LogP contribution in [0.25, 0.3) is 0 Å². The number of carbonyl (C=O) groups excluding carboxylic acids is 2. The summed E-state index contributed by atoms with van der Waals surface area (Å²) in [6.07, 6.45) is 1.50. The van der Waals surface area contributed by atoms with Crippen molar-refractivity contribution >= 4 is 39.6 Å². The maximum Gasteiger partial charge on any atom is 0.271 e. The Labute approximate surface area is 187 Å². The fourth-order valence-electron chi connectivity index (χ4n) is 2.63. The van der Waals surface area contributed by atoms with E-state index in [2.05, 4.69) is 31.8 Å². The van der Waals surface area contributed by atoms with E-state index >= 15 is 0 Å². The van der Waals surface area contributed by atoms with Crippen LogP contribution in [0.5, 0.6) is 5.75 Å². The minimum atomic E-state index is -0.401. The third-order valence-electron chi connectivity index (χ3n) is 4.09. The van der Waals surface area contributed by atoms with Crippen molar-refractivity contribution in [1.29, 1.82) is 0 Å². The van der Waals surface area contributed by atoms with E-state index in [-0.39, 0.29) is 11.7 Å². The minimum absolute atomic E-state index is 0.216. The van der Waals surface area contributed by atoms with E-state index < -0.39 is 5.91 Å². The monoisotopic (exact) mass is 483 g/mol. The molecule has 0 saturated carbocycles. The number of nitrogens with zero attached hydrogens (tertiary/aromatic N) is 1. The highest BCUT2D eigenvalue weighted by Gasteiger charge is 2.06. The zero-order valence-electron chi connectivity index (χ0n) is 16.6. The van der Waals surface area contributed by atoms with Crippen molar-refractivity contribution in [2.45, 2.75) is 13.5 Å². The predicted octanol–water partition coefficient (Wildman–Crippen LogP) is 4.89. The van der Waals surface area contributed by atoms with E-state index in [1.807, 2.05) is 0 Å². The molecule has 2 N–H and O–H groups in total. The van der Waals surface area contributed by atoms with Crippen molar-refractivity contribution in [2.75, 3.05) is 5.32 Å². The molecule has 0 aromatic heterocycles. The molecule has 0 radical (unpaired) electrons. The fourth-order valence-corrected chi connectivity index (χ4v) is 3.14. The van der Waals surface area contributed by atoms with Gasteiger partial charge in [-0.15, -0.1) is 0 Å². The molecule has 3 rings (SSSR count). The summed E-state index contributed by atoms with van der Waals surface area (Å²) < 4.78 is 19.4. The highest BCUT2D eigenvalue weighted by Crippen LogP contribution is 2.26. The maximum atomic E-state index is 13.0. The molecule has 8 heteroatoms. The smallest absolute Gasteiger partial charge is 0.271 e. The van der Waals surface area contributed by atoms with Crippen molar-refractivity contribution in [2.24, 2.45) is 5.10 Å². The number of halogens is 2. The lowest BCUT2D eigenvalue weighted by Crippen LogP contribution is -2.18. The third-order valence-corrected chi connectivity index (χ3v) is 4.71. The summed E-state index contributed by atoms with van der Waals surface area (Å²) in [5, 5.41) is 6.60. The quantitative estimate of drug-likeness (QED) is 0.370. The van der Waals surface area contributed by atoms with Crippen LogP contribution >= 0.6 is 15.9 Å². The Bertz CT molecular complexity index is 1120. The number of hydrogen-bond acceptors (Lipinski definition) is 4. The van der Waals surface area contributed by atoms with Gasteiger partial charge in [-0.25, -0.2) is 9.82 Å². The maximum absolute atomic E-state index is 13.0. The number of benzene rings is 3. The number of carbonyl (C=O) groups is 2. The highest BCUT2D eigenvalue weighted by molar-refractivity contribution is 9.10.